The molecule has 1 saturated carbocycles. The molecule has 0 amide bonds. The van der Waals surface area contributed by atoms with Crippen molar-refractivity contribution in [1.29, 1.82) is 0 Å². The largest absolute Gasteiger partial charge is 0.478 e. The zero-order valence-electron chi connectivity index (χ0n) is 11.5. The van der Waals surface area contributed by atoms with Crippen molar-refractivity contribution in [2.75, 3.05) is 18.5 Å². The van der Waals surface area contributed by atoms with E-state index in [9.17, 15) is 0 Å². The molecule has 2 fully saturated rings. The van der Waals surface area contributed by atoms with E-state index < -0.39 is 0 Å². The van der Waals surface area contributed by atoms with Gasteiger partial charge in [0, 0.05) is 17.6 Å². The Kier molecular flexibility index (Phi) is 3.55. The maximum atomic E-state index is 5.41. The maximum Gasteiger partial charge on any atom is 0.218 e. The van der Waals surface area contributed by atoms with Crippen LogP contribution in [0.1, 0.15) is 39.0 Å². The molecule has 1 atom stereocenters. The molecule has 0 aromatic carbocycles. The highest BCUT2D eigenvalue weighted by Crippen LogP contribution is 2.38. The van der Waals surface area contributed by atoms with Gasteiger partial charge in [0.15, 0.2) is 0 Å². The number of nitrogens with zero attached hydrogens (tertiary/aromatic N) is 2. The number of ether oxygens (including phenoxy) is 1. The van der Waals surface area contributed by atoms with Crippen LogP contribution in [0, 0.1) is 0 Å². The van der Waals surface area contributed by atoms with E-state index in [1.54, 1.807) is 6.33 Å². The fourth-order valence-electron chi connectivity index (χ4n) is 3.12. The molecule has 1 aromatic rings. The van der Waals surface area contributed by atoms with Gasteiger partial charge in [-0.1, -0.05) is 0 Å². The van der Waals surface area contributed by atoms with Gasteiger partial charge in [0.25, 0.3) is 0 Å². The molecule has 1 spiro atoms. The van der Waals surface area contributed by atoms with Crippen LogP contribution in [0.2, 0.25) is 0 Å². The Morgan fingerprint density at radius 3 is 3.11 bits per heavy atom. The molecule has 2 heterocycles. The van der Waals surface area contributed by atoms with Crippen LogP contribution in [0.3, 0.4) is 0 Å². The molecule has 1 unspecified atom stereocenters. The van der Waals surface area contributed by atoms with Crippen LogP contribution in [-0.4, -0.2) is 34.7 Å². The quantitative estimate of drug-likeness (QED) is 0.868. The van der Waals surface area contributed by atoms with Gasteiger partial charge in [-0.15, -0.1) is 0 Å². The number of aromatic nitrogens is 2. The highest BCUT2D eigenvalue weighted by molar-refractivity contribution is 5.38. The lowest BCUT2D eigenvalue weighted by Gasteiger charge is -2.48. The first-order valence-corrected chi connectivity index (χ1v) is 7.26. The smallest absolute Gasteiger partial charge is 0.218 e. The van der Waals surface area contributed by atoms with E-state index in [0.29, 0.717) is 24.1 Å². The normalized spacial score (nSPS) is 24.8. The van der Waals surface area contributed by atoms with Crippen molar-refractivity contribution in [3.05, 3.63) is 12.4 Å². The second-order valence-electron chi connectivity index (χ2n) is 5.57. The third-order valence-electron chi connectivity index (χ3n) is 4.23. The molecule has 5 heteroatoms. The van der Waals surface area contributed by atoms with Gasteiger partial charge in [-0.2, -0.15) is 0 Å². The zero-order chi connectivity index (χ0) is 13.1. The summed E-state index contributed by atoms with van der Waals surface area (Å²) in [4.78, 5) is 8.38. The number of rotatable bonds is 4. The highest BCUT2D eigenvalue weighted by Gasteiger charge is 2.40. The lowest BCUT2D eigenvalue weighted by Crippen LogP contribution is -2.58. The molecular weight excluding hydrogens is 240 g/mol. The van der Waals surface area contributed by atoms with Crippen molar-refractivity contribution >= 4 is 5.82 Å². The first-order valence-electron chi connectivity index (χ1n) is 7.26. The first kappa shape index (κ1) is 12.7. The Bertz CT molecular complexity index is 433. The van der Waals surface area contributed by atoms with Gasteiger partial charge in [0.05, 0.1) is 6.61 Å². The summed E-state index contributed by atoms with van der Waals surface area (Å²) in [6.07, 6.45) is 7.91. The molecule has 1 aromatic heterocycles. The minimum Gasteiger partial charge on any atom is -0.478 e. The van der Waals surface area contributed by atoms with Gasteiger partial charge in [0.2, 0.25) is 5.88 Å². The van der Waals surface area contributed by atoms with E-state index in [1.165, 1.54) is 25.7 Å². The summed E-state index contributed by atoms with van der Waals surface area (Å²) in [5, 5.41) is 7.21. The summed E-state index contributed by atoms with van der Waals surface area (Å²) >= 11 is 0. The fraction of sp³-hybridized carbons (Fsp3) is 0.714. The van der Waals surface area contributed by atoms with Gasteiger partial charge in [0.1, 0.15) is 12.1 Å². The molecule has 104 valence electrons. The lowest BCUT2D eigenvalue weighted by molar-refractivity contribution is 0.135. The van der Waals surface area contributed by atoms with E-state index in [-0.39, 0.29) is 0 Å². The zero-order valence-corrected chi connectivity index (χ0v) is 11.5. The van der Waals surface area contributed by atoms with Gasteiger partial charge >= 0.3 is 0 Å². The van der Waals surface area contributed by atoms with Gasteiger partial charge in [-0.25, -0.2) is 9.97 Å². The molecule has 0 radical (unpaired) electrons. The highest BCUT2D eigenvalue weighted by atomic mass is 16.5. The summed E-state index contributed by atoms with van der Waals surface area (Å²) in [6.45, 7) is 3.69. The monoisotopic (exact) mass is 262 g/mol. The van der Waals surface area contributed by atoms with E-state index >= 15 is 0 Å². The number of hydrogen-bond donors (Lipinski definition) is 2. The molecule has 19 heavy (non-hydrogen) atoms. The maximum absolute atomic E-state index is 5.41. The molecule has 1 aliphatic heterocycles. The molecule has 0 bridgehead atoms. The van der Waals surface area contributed by atoms with Gasteiger partial charge in [-0.05, 0) is 45.6 Å². The third kappa shape index (κ3) is 2.81. The summed E-state index contributed by atoms with van der Waals surface area (Å²) in [7, 11) is 0. The summed E-state index contributed by atoms with van der Waals surface area (Å²) in [5.41, 5.74) is 0.408. The van der Waals surface area contributed by atoms with Gasteiger partial charge < -0.3 is 15.4 Å². The minimum atomic E-state index is 0.408. The van der Waals surface area contributed by atoms with Crippen LogP contribution in [0.5, 0.6) is 5.88 Å². The Labute approximate surface area is 114 Å². The minimum absolute atomic E-state index is 0.408. The number of anilines is 1. The SMILES string of the molecule is CCOc1cc(NC2CCNC3(CCC3)C2)ncn1. The fourth-order valence-corrected chi connectivity index (χ4v) is 3.12. The van der Waals surface area contributed by atoms with Crippen LogP contribution < -0.4 is 15.4 Å². The van der Waals surface area contributed by atoms with E-state index in [0.717, 1.165) is 18.8 Å². The van der Waals surface area contributed by atoms with Crippen molar-refractivity contribution in [2.24, 2.45) is 0 Å². The Morgan fingerprint density at radius 2 is 2.37 bits per heavy atom. The molecule has 3 rings (SSSR count). The van der Waals surface area contributed by atoms with Crippen molar-refractivity contribution in [1.82, 2.24) is 15.3 Å². The molecule has 1 saturated heterocycles. The predicted molar refractivity (Wildman–Crippen MR) is 74.4 cm³/mol. The van der Waals surface area contributed by atoms with Crippen LogP contribution in [0.4, 0.5) is 5.82 Å². The van der Waals surface area contributed by atoms with Crippen LogP contribution in [0.15, 0.2) is 12.4 Å². The second kappa shape index (κ2) is 5.33. The Hall–Kier alpha value is -1.36. The Balaban J connectivity index is 1.62. The standard InChI is InChI=1S/C14H22N4O/c1-2-19-13-8-12(15-10-16-13)18-11-4-7-17-14(9-11)5-3-6-14/h8,10-11,17H,2-7,9H2,1H3,(H,15,16,18). The molecule has 1 aliphatic carbocycles. The van der Waals surface area contributed by atoms with Crippen molar-refractivity contribution in [3.8, 4) is 5.88 Å². The average molecular weight is 262 g/mol. The van der Waals surface area contributed by atoms with E-state index in [2.05, 4.69) is 20.6 Å². The number of hydrogen-bond acceptors (Lipinski definition) is 5. The van der Waals surface area contributed by atoms with Crippen molar-refractivity contribution in [3.63, 3.8) is 0 Å². The summed E-state index contributed by atoms with van der Waals surface area (Å²) < 4.78 is 5.41. The molecular formula is C14H22N4O. The van der Waals surface area contributed by atoms with Crippen molar-refractivity contribution < 1.29 is 4.74 Å². The summed E-state index contributed by atoms with van der Waals surface area (Å²) in [5.74, 6) is 1.52. The van der Waals surface area contributed by atoms with Crippen molar-refractivity contribution in [2.45, 2.75) is 50.6 Å². The van der Waals surface area contributed by atoms with E-state index in [4.69, 9.17) is 4.74 Å². The number of piperidine rings is 1. The van der Waals surface area contributed by atoms with Crippen LogP contribution in [-0.2, 0) is 0 Å². The third-order valence-corrected chi connectivity index (χ3v) is 4.23. The summed E-state index contributed by atoms with van der Waals surface area (Å²) in [6, 6.07) is 2.39. The Morgan fingerprint density at radius 1 is 1.47 bits per heavy atom. The molecule has 2 aliphatic rings. The predicted octanol–water partition coefficient (Wildman–Crippen LogP) is 1.96. The number of nitrogens with one attached hydrogen (secondary N) is 2. The van der Waals surface area contributed by atoms with E-state index in [1.807, 2.05) is 13.0 Å². The average Bonchev–Trinajstić information content (AvgIpc) is 2.38. The van der Waals surface area contributed by atoms with Crippen LogP contribution >= 0.6 is 0 Å². The molecule has 5 nitrogen and oxygen atoms in total. The first-order chi connectivity index (χ1) is 9.30. The van der Waals surface area contributed by atoms with Crippen LogP contribution in [0.25, 0.3) is 0 Å². The molecule has 2 N–H and O–H groups in total. The second-order valence-corrected chi connectivity index (χ2v) is 5.57. The van der Waals surface area contributed by atoms with Gasteiger partial charge in [-0.3, -0.25) is 0 Å². The topological polar surface area (TPSA) is 59.1 Å². The lowest BCUT2D eigenvalue weighted by atomic mass is 9.70.